The zero-order chi connectivity index (χ0) is 22.0. The van der Waals surface area contributed by atoms with Gasteiger partial charge < -0.3 is 9.64 Å². The van der Waals surface area contributed by atoms with Crippen LogP contribution in [0.5, 0.6) is 0 Å². The molecule has 0 atom stereocenters. The van der Waals surface area contributed by atoms with Crippen LogP contribution in [-0.4, -0.2) is 70.4 Å². The largest absolute Gasteiger partial charge is 0.462 e. The van der Waals surface area contributed by atoms with Crippen LogP contribution in [0, 0.1) is 3.95 Å². The molecular weight excluding hydrogens is 436 g/mol. The van der Waals surface area contributed by atoms with Crippen LogP contribution in [0.15, 0.2) is 18.3 Å². The van der Waals surface area contributed by atoms with Crippen molar-refractivity contribution in [3.05, 3.63) is 27.8 Å². The molecule has 1 aliphatic carbocycles. The average Bonchev–Trinajstić information content (AvgIpc) is 3.52. The predicted octanol–water partition coefficient (Wildman–Crippen LogP) is 2.54. The van der Waals surface area contributed by atoms with E-state index in [1.165, 1.54) is 11.3 Å². The molecule has 9 nitrogen and oxygen atoms in total. The van der Waals surface area contributed by atoms with Crippen molar-refractivity contribution in [1.82, 2.24) is 19.7 Å². The Bertz CT molecular complexity index is 993. The minimum Gasteiger partial charge on any atom is -0.462 e. The Morgan fingerprint density at radius 3 is 2.58 bits per heavy atom. The van der Waals surface area contributed by atoms with Gasteiger partial charge in [-0.25, -0.2) is 14.5 Å². The Morgan fingerprint density at radius 2 is 2.00 bits per heavy atom. The SMILES string of the molecule is CCOC(=O)c1ccc(N2CCN(Cn3nc(N(C(C)=O)C4CC4)sc3=S)CC2)nc1. The first kappa shape index (κ1) is 21.8. The number of hydrogen-bond donors (Lipinski definition) is 0. The second kappa shape index (κ2) is 9.41. The average molecular weight is 463 g/mol. The Kier molecular flexibility index (Phi) is 6.63. The van der Waals surface area contributed by atoms with Gasteiger partial charge in [0.05, 0.1) is 18.8 Å². The van der Waals surface area contributed by atoms with Gasteiger partial charge in [0.25, 0.3) is 0 Å². The van der Waals surface area contributed by atoms with Gasteiger partial charge in [-0.1, -0.05) is 11.3 Å². The first-order valence-electron chi connectivity index (χ1n) is 10.4. The fourth-order valence-electron chi connectivity index (χ4n) is 3.58. The van der Waals surface area contributed by atoms with Gasteiger partial charge in [0.2, 0.25) is 11.0 Å². The molecule has 0 spiro atoms. The van der Waals surface area contributed by atoms with Crippen molar-refractivity contribution in [3.8, 4) is 0 Å². The van der Waals surface area contributed by atoms with E-state index in [4.69, 9.17) is 17.0 Å². The number of rotatable bonds is 7. The molecule has 3 heterocycles. The van der Waals surface area contributed by atoms with Gasteiger partial charge in [0, 0.05) is 45.3 Å². The molecule has 2 aliphatic rings. The molecule has 1 aliphatic heterocycles. The van der Waals surface area contributed by atoms with E-state index in [-0.39, 0.29) is 17.9 Å². The molecule has 2 aromatic heterocycles. The third-order valence-corrected chi connectivity index (χ3v) is 6.65. The first-order chi connectivity index (χ1) is 15.0. The van der Waals surface area contributed by atoms with Gasteiger partial charge in [-0.2, -0.15) is 0 Å². The van der Waals surface area contributed by atoms with Gasteiger partial charge in [0.1, 0.15) is 5.82 Å². The number of esters is 1. The Hall–Kier alpha value is -2.37. The number of nitrogens with zero attached hydrogens (tertiary/aromatic N) is 6. The summed E-state index contributed by atoms with van der Waals surface area (Å²) in [6, 6.07) is 3.89. The van der Waals surface area contributed by atoms with Crippen molar-refractivity contribution in [2.24, 2.45) is 0 Å². The number of aromatic nitrogens is 3. The zero-order valence-electron chi connectivity index (χ0n) is 17.7. The van der Waals surface area contributed by atoms with Crippen molar-refractivity contribution in [1.29, 1.82) is 0 Å². The highest BCUT2D eigenvalue weighted by Gasteiger charge is 2.34. The number of ether oxygens (including phenoxy) is 1. The summed E-state index contributed by atoms with van der Waals surface area (Å²) in [5.41, 5.74) is 0.462. The number of piperazine rings is 1. The second-order valence-electron chi connectivity index (χ2n) is 7.64. The molecular formula is C20H26N6O3S2. The monoisotopic (exact) mass is 462 g/mol. The molecule has 31 heavy (non-hydrogen) atoms. The van der Waals surface area contributed by atoms with Crippen molar-refractivity contribution in [2.75, 3.05) is 42.6 Å². The molecule has 2 fully saturated rings. The molecule has 2 aromatic rings. The molecule has 1 saturated heterocycles. The van der Waals surface area contributed by atoms with Crippen molar-refractivity contribution in [2.45, 2.75) is 39.4 Å². The maximum Gasteiger partial charge on any atom is 0.339 e. The normalized spacial score (nSPS) is 16.9. The number of pyridine rings is 1. The lowest BCUT2D eigenvalue weighted by Gasteiger charge is -2.35. The summed E-state index contributed by atoms with van der Waals surface area (Å²) in [5, 5.41) is 5.33. The van der Waals surface area contributed by atoms with Crippen molar-refractivity contribution < 1.29 is 14.3 Å². The number of amides is 1. The van der Waals surface area contributed by atoms with Crippen LogP contribution < -0.4 is 9.80 Å². The van der Waals surface area contributed by atoms with E-state index in [0.29, 0.717) is 27.9 Å². The van der Waals surface area contributed by atoms with Crippen molar-refractivity contribution >= 4 is 46.4 Å². The molecule has 166 valence electrons. The van der Waals surface area contributed by atoms with E-state index in [2.05, 4.69) is 19.9 Å². The minimum atomic E-state index is -0.351. The van der Waals surface area contributed by atoms with Gasteiger partial charge in [0.15, 0.2) is 3.95 Å². The number of hydrogen-bond acceptors (Lipinski definition) is 9. The van der Waals surface area contributed by atoms with Crippen LogP contribution in [0.25, 0.3) is 0 Å². The van der Waals surface area contributed by atoms with E-state index in [0.717, 1.165) is 44.8 Å². The maximum atomic E-state index is 12.0. The Balaban J connectivity index is 1.34. The molecule has 0 unspecified atom stereocenters. The summed E-state index contributed by atoms with van der Waals surface area (Å²) in [5.74, 6) is 0.519. The lowest BCUT2D eigenvalue weighted by molar-refractivity contribution is -0.116. The smallest absolute Gasteiger partial charge is 0.339 e. The fraction of sp³-hybridized carbons (Fsp3) is 0.550. The second-order valence-corrected chi connectivity index (χ2v) is 9.24. The zero-order valence-corrected chi connectivity index (χ0v) is 19.3. The molecule has 1 saturated carbocycles. The third-order valence-electron chi connectivity index (χ3n) is 5.34. The summed E-state index contributed by atoms with van der Waals surface area (Å²) >= 11 is 6.90. The number of anilines is 2. The van der Waals surface area contributed by atoms with Crippen LogP contribution in [0.1, 0.15) is 37.0 Å². The van der Waals surface area contributed by atoms with E-state index in [1.807, 2.05) is 10.7 Å². The maximum absolute atomic E-state index is 12.0. The van der Waals surface area contributed by atoms with E-state index >= 15 is 0 Å². The van der Waals surface area contributed by atoms with Crippen LogP contribution >= 0.6 is 23.6 Å². The van der Waals surface area contributed by atoms with E-state index in [9.17, 15) is 9.59 Å². The van der Waals surface area contributed by atoms with E-state index in [1.54, 1.807) is 31.0 Å². The van der Waals surface area contributed by atoms with Gasteiger partial charge >= 0.3 is 5.97 Å². The predicted molar refractivity (Wildman–Crippen MR) is 121 cm³/mol. The van der Waals surface area contributed by atoms with Crippen molar-refractivity contribution in [3.63, 3.8) is 0 Å². The van der Waals surface area contributed by atoms with Gasteiger partial charge in [-0.3, -0.25) is 14.6 Å². The van der Waals surface area contributed by atoms with Crippen LogP contribution in [-0.2, 0) is 16.2 Å². The van der Waals surface area contributed by atoms with Gasteiger partial charge in [-0.05, 0) is 44.1 Å². The van der Waals surface area contributed by atoms with Gasteiger partial charge in [-0.15, -0.1) is 5.10 Å². The summed E-state index contributed by atoms with van der Waals surface area (Å²) < 4.78 is 7.50. The van der Waals surface area contributed by atoms with Crippen LogP contribution in [0.2, 0.25) is 0 Å². The minimum absolute atomic E-state index is 0.0217. The molecule has 4 rings (SSSR count). The van der Waals surface area contributed by atoms with Crippen LogP contribution in [0.4, 0.5) is 10.9 Å². The molecule has 0 bridgehead atoms. The first-order valence-corrected chi connectivity index (χ1v) is 11.7. The highest BCUT2D eigenvalue weighted by Crippen LogP contribution is 2.33. The summed E-state index contributed by atoms with van der Waals surface area (Å²) in [4.78, 5) is 34.5. The number of carbonyl (C=O) groups is 2. The number of carbonyl (C=O) groups excluding carboxylic acids is 2. The Labute approximate surface area is 190 Å². The molecule has 0 radical (unpaired) electrons. The molecule has 11 heteroatoms. The summed E-state index contributed by atoms with van der Waals surface area (Å²) in [6.45, 7) is 7.64. The summed E-state index contributed by atoms with van der Waals surface area (Å²) in [7, 11) is 0. The standard InChI is InChI=1S/C20H26N6O3S2/c1-3-29-18(28)15-4-7-17(21-12-15)24-10-8-23(9-11-24)13-25-20(30)31-19(22-25)26(14(2)27)16-5-6-16/h4,7,12,16H,3,5-6,8-11,13H2,1-2H3. The highest BCUT2D eigenvalue weighted by atomic mass is 32.1. The lowest BCUT2D eigenvalue weighted by atomic mass is 10.2. The third kappa shape index (κ3) is 5.10. The molecule has 0 N–H and O–H groups in total. The Morgan fingerprint density at radius 1 is 1.26 bits per heavy atom. The van der Waals surface area contributed by atoms with E-state index < -0.39 is 0 Å². The topological polar surface area (TPSA) is 83.8 Å². The summed E-state index contributed by atoms with van der Waals surface area (Å²) in [6.07, 6.45) is 3.63. The lowest BCUT2D eigenvalue weighted by Crippen LogP contribution is -2.47. The van der Waals surface area contributed by atoms with Crippen LogP contribution in [0.3, 0.4) is 0 Å². The molecule has 1 amide bonds. The highest BCUT2D eigenvalue weighted by molar-refractivity contribution is 7.73. The molecule has 0 aromatic carbocycles. The quantitative estimate of drug-likeness (QED) is 0.459. The fourth-order valence-corrected chi connectivity index (χ4v) is 4.78.